The summed E-state index contributed by atoms with van der Waals surface area (Å²) >= 11 is 0. The van der Waals surface area contributed by atoms with E-state index in [9.17, 15) is 9.18 Å². The Kier molecular flexibility index (Phi) is 5.69. The molecule has 6 heteroatoms. The highest BCUT2D eigenvalue weighted by Crippen LogP contribution is 2.19. The highest BCUT2D eigenvalue weighted by Gasteiger charge is 2.13. The third kappa shape index (κ3) is 4.53. The van der Waals surface area contributed by atoms with Crippen LogP contribution in [-0.2, 0) is 6.54 Å². The van der Waals surface area contributed by atoms with Crippen LogP contribution in [0.3, 0.4) is 0 Å². The first-order valence-electron chi connectivity index (χ1n) is 10.2. The summed E-state index contributed by atoms with van der Waals surface area (Å²) in [5.74, 6) is 0.472. The van der Waals surface area contributed by atoms with Crippen LogP contribution >= 0.6 is 0 Å². The molecule has 1 aromatic carbocycles. The van der Waals surface area contributed by atoms with Gasteiger partial charge < -0.3 is 10.2 Å². The summed E-state index contributed by atoms with van der Waals surface area (Å²) in [6.45, 7) is 4.27. The second-order valence-electron chi connectivity index (χ2n) is 7.57. The van der Waals surface area contributed by atoms with Crippen LogP contribution in [0.5, 0.6) is 0 Å². The van der Waals surface area contributed by atoms with Crippen LogP contribution in [0.4, 0.5) is 10.2 Å². The number of nitrogens with zero attached hydrogens (tertiary/aromatic N) is 3. The number of carbonyl (C=O) groups excluding carboxylic acids is 1. The van der Waals surface area contributed by atoms with Crippen molar-refractivity contribution < 1.29 is 9.18 Å². The molecule has 0 unspecified atom stereocenters. The number of hydrogen-bond acceptors (Lipinski definition) is 4. The molecular formula is C23H25FN4O. The van der Waals surface area contributed by atoms with E-state index in [1.165, 1.54) is 37.8 Å². The van der Waals surface area contributed by atoms with E-state index in [2.05, 4.69) is 20.2 Å². The Balaban J connectivity index is 1.42. The number of pyridine rings is 2. The smallest absolute Gasteiger partial charge is 0.253 e. The van der Waals surface area contributed by atoms with Gasteiger partial charge in [-0.15, -0.1) is 0 Å². The van der Waals surface area contributed by atoms with Crippen molar-refractivity contribution in [3.63, 3.8) is 0 Å². The van der Waals surface area contributed by atoms with Crippen LogP contribution in [0.1, 0.15) is 47.3 Å². The van der Waals surface area contributed by atoms with E-state index in [0.717, 1.165) is 29.9 Å². The van der Waals surface area contributed by atoms with Gasteiger partial charge >= 0.3 is 0 Å². The lowest BCUT2D eigenvalue weighted by molar-refractivity contribution is 0.0950. The highest BCUT2D eigenvalue weighted by molar-refractivity contribution is 5.98. The summed E-state index contributed by atoms with van der Waals surface area (Å²) in [5, 5.41) is 3.68. The van der Waals surface area contributed by atoms with Gasteiger partial charge in [-0.25, -0.2) is 9.37 Å². The third-order valence-corrected chi connectivity index (χ3v) is 5.41. The molecule has 0 atom stereocenters. The fourth-order valence-electron chi connectivity index (χ4n) is 3.75. The van der Waals surface area contributed by atoms with Gasteiger partial charge in [0.15, 0.2) is 0 Å². The number of rotatable bonds is 4. The lowest BCUT2D eigenvalue weighted by Gasteiger charge is -2.21. The van der Waals surface area contributed by atoms with E-state index in [4.69, 9.17) is 0 Å². The van der Waals surface area contributed by atoms with E-state index in [1.54, 1.807) is 19.1 Å². The number of benzene rings is 1. The molecule has 1 amide bonds. The van der Waals surface area contributed by atoms with Gasteiger partial charge in [0.2, 0.25) is 0 Å². The molecule has 1 aliphatic rings. The van der Waals surface area contributed by atoms with E-state index in [0.29, 0.717) is 23.3 Å². The number of aromatic nitrogens is 2. The van der Waals surface area contributed by atoms with Gasteiger partial charge in [0.25, 0.3) is 5.91 Å². The summed E-state index contributed by atoms with van der Waals surface area (Å²) in [6, 6.07) is 10.2. The van der Waals surface area contributed by atoms with Gasteiger partial charge in [0.05, 0.1) is 16.8 Å². The number of nitrogens with one attached hydrogen (secondary N) is 1. The van der Waals surface area contributed by atoms with Crippen molar-refractivity contribution in [1.29, 1.82) is 0 Å². The summed E-state index contributed by atoms with van der Waals surface area (Å²) < 4.78 is 13.4. The highest BCUT2D eigenvalue weighted by atomic mass is 19.1. The standard InChI is InChI=1S/C23H25FN4O/c1-16-20(12-18-7-8-19(24)13-21(18)27-16)23(29)26-15-17-6-9-22(25-14-17)28-10-4-2-3-5-11-28/h6-9,12-14H,2-5,10-11,15H2,1H3,(H,26,29). The number of anilines is 1. The molecule has 5 nitrogen and oxygen atoms in total. The molecule has 3 aromatic rings. The van der Waals surface area contributed by atoms with Gasteiger partial charge in [-0.2, -0.15) is 0 Å². The van der Waals surface area contributed by atoms with Crippen molar-refractivity contribution in [3.8, 4) is 0 Å². The molecule has 29 heavy (non-hydrogen) atoms. The fraction of sp³-hybridized carbons (Fsp3) is 0.348. The summed E-state index contributed by atoms with van der Waals surface area (Å²) in [7, 11) is 0. The van der Waals surface area contributed by atoms with Crippen LogP contribution in [0, 0.1) is 12.7 Å². The van der Waals surface area contributed by atoms with Gasteiger partial charge in [-0.05, 0) is 49.6 Å². The minimum atomic E-state index is -0.335. The molecule has 1 saturated heterocycles. The second kappa shape index (κ2) is 8.55. The molecule has 1 N–H and O–H groups in total. The van der Waals surface area contributed by atoms with Gasteiger partial charge in [-0.1, -0.05) is 18.9 Å². The average Bonchev–Trinajstić information content (AvgIpc) is 3.01. The number of carbonyl (C=O) groups is 1. The van der Waals surface area contributed by atoms with Crippen molar-refractivity contribution in [3.05, 3.63) is 65.2 Å². The average molecular weight is 392 g/mol. The molecule has 0 spiro atoms. The zero-order chi connectivity index (χ0) is 20.2. The largest absolute Gasteiger partial charge is 0.357 e. The molecule has 1 fully saturated rings. The lowest BCUT2D eigenvalue weighted by atomic mass is 10.1. The van der Waals surface area contributed by atoms with Crippen molar-refractivity contribution in [2.45, 2.75) is 39.2 Å². The lowest BCUT2D eigenvalue weighted by Crippen LogP contribution is -2.25. The van der Waals surface area contributed by atoms with Crippen molar-refractivity contribution >= 4 is 22.6 Å². The normalized spacial score (nSPS) is 14.6. The predicted octanol–water partition coefficient (Wildman–Crippen LogP) is 4.39. The van der Waals surface area contributed by atoms with Gasteiger partial charge in [0.1, 0.15) is 11.6 Å². The zero-order valence-corrected chi connectivity index (χ0v) is 16.6. The topological polar surface area (TPSA) is 58.1 Å². The van der Waals surface area contributed by atoms with Gasteiger partial charge in [0, 0.05) is 37.3 Å². The quantitative estimate of drug-likeness (QED) is 0.716. The van der Waals surface area contributed by atoms with Crippen molar-refractivity contribution in [2.75, 3.05) is 18.0 Å². The minimum Gasteiger partial charge on any atom is -0.357 e. The van der Waals surface area contributed by atoms with E-state index in [1.807, 2.05) is 18.3 Å². The molecule has 0 saturated carbocycles. The second-order valence-corrected chi connectivity index (χ2v) is 7.57. The molecule has 3 heterocycles. The number of hydrogen-bond donors (Lipinski definition) is 1. The molecule has 2 aromatic heterocycles. The van der Waals surface area contributed by atoms with E-state index >= 15 is 0 Å². The van der Waals surface area contributed by atoms with Crippen LogP contribution in [0.25, 0.3) is 10.9 Å². The molecule has 150 valence electrons. The Labute approximate surface area is 170 Å². The Morgan fingerprint density at radius 3 is 2.62 bits per heavy atom. The van der Waals surface area contributed by atoms with Crippen LogP contribution < -0.4 is 10.2 Å². The fourth-order valence-corrected chi connectivity index (χ4v) is 3.75. The molecule has 4 rings (SSSR count). The summed E-state index contributed by atoms with van der Waals surface area (Å²) in [4.78, 5) is 23.9. The number of amides is 1. The summed E-state index contributed by atoms with van der Waals surface area (Å²) in [5.41, 5.74) is 2.58. The molecule has 0 aliphatic carbocycles. The Morgan fingerprint density at radius 1 is 1.10 bits per heavy atom. The molecule has 0 radical (unpaired) electrons. The Morgan fingerprint density at radius 2 is 1.90 bits per heavy atom. The molecule has 0 bridgehead atoms. The first-order chi connectivity index (χ1) is 14.1. The monoisotopic (exact) mass is 392 g/mol. The van der Waals surface area contributed by atoms with Crippen LogP contribution in [0.15, 0.2) is 42.6 Å². The SMILES string of the molecule is Cc1nc2cc(F)ccc2cc1C(=O)NCc1ccc(N2CCCCCC2)nc1. The maximum absolute atomic E-state index is 13.4. The van der Waals surface area contributed by atoms with Crippen LogP contribution in [0.2, 0.25) is 0 Å². The van der Waals surface area contributed by atoms with Crippen LogP contribution in [-0.4, -0.2) is 29.0 Å². The van der Waals surface area contributed by atoms with E-state index in [-0.39, 0.29) is 11.7 Å². The predicted molar refractivity (Wildman–Crippen MR) is 113 cm³/mol. The van der Waals surface area contributed by atoms with Crippen molar-refractivity contribution in [1.82, 2.24) is 15.3 Å². The molecular weight excluding hydrogens is 367 g/mol. The Bertz CT molecular complexity index is 1010. The summed E-state index contributed by atoms with van der Waals surface area (Å²) in [6.07, 6.45) is 6.84. The van der Waals surface area contributed by atoms with E-state index < -0.39 is 0 Å². The number of halogens is 1. The van der Waals surface area contributed by atoms with Crippen molar-refractivity contribution in [2.24, 2.45) is 0 Å². The molecule has 1 aliphatic heterocycles. The zero-order valence-electron chi connectivity index (χ0n) is 16.6. The number of fused-ring (bicyclic) bond motifs is 1. The first-order valence-corrected chi connectivity index (χ1v) is 10.2. The third-order valence-electron chi connectivity index (χ3n) is 5.41. The van der Waals surface area contributed by atoms with Gasteiger partial charge in [-0.3, -0.25) is 9.78 Å². The maximum Gasteiger partial charge on any atom is 0.253 e. The number of aryl methyl sites for hydroxylation is 1. The maximum atomic E-state index is 13.4. The first kappa shape index (κ1) is 19.3. The minimum absolute atomic E-state index is 0.196. The Hall–Kier alpha value is -3.02.